The monoisotopic (exact) mass is 452 g/mol. The summed E-state index contributed by atoms with van der Waals surface area (Å²) < 4.78 is 5.69. The Labute approximate surface area is 170 Å². The average Bonchev–Trinajstić information content (AvgIpc) is 3.21. The second-order valence-corrected chi connectivity index (χ2v) is 7.36. The van der Waals surface area contributed by atoms with Gasteiger partial charge in [-0.2, -0.15) is 0 Å². The molecule has 9 heteroatoms. The first-order valence-electron chi connectivity index (χ1n) is 8.41. The lowest BCUT2D eigenvalue weighted by Crippen LogP contribution is -2.35. The van der Waals surface area contributed by atoms with Crippen molar-refractivity contribution in [1.82, 2.24) is 15.3 Å². The number of esters is 1. The molecule has 1 aliphatic heterocycles. The zero-order valence-electron chi connectivity index (χ0n) is 14.6. The van der Waals surface area contributed by atoms with E-state index in [1.807, 2.05) is 4.90 Å². The van der Waals surface area contributed by atoms with Gasteiger partial charge < -0.3 is 15.0 Å². The molecule has 1 saturated heterocycles. The van der Waals surface area contributed by atoms with Gasteiger partial charge >= 0.3 is 5.97 Å². The van der Waals surface area contributed by atoms with E-state index in [4.69, 9.17) is 16.3 Å². The molecule has 2 heterocycles. The summed E-state index contributed by atoms with van der Waals surface area (Å²) in [6, 6.07) is 6.03. The smallest absolute Gasteiger partial charge is 0.333 e. The van der Waals surface area contributed by atoms with Gasteiger partial charge in [-0.3, -0.25) is 4.79 Å². The second-order valence-electron chi connectivity index (χ2n) is 6.04. The van der Waals surface area contributed by atoms with Crippen LogP contribution in [0.2, 0.25) is 5.02 Å². The Hall–Kier alpha value is -2.19. The number of hydrogen-bond acceptors (Lipinski definition) is 6. The molecular weight excluding hydrogens is 436 g/mol. The molecule has 1 amide bonds. The van der Waals surface area contributed by atoms with Crippen LogP contribution in [-0.4, -0.2) is 42.0 Å². The highest BCUT2D eigenvalue weighted by molar-refractivity contribution is 9.10. The number of hydrogen-bond donors (Lipinski definition) is 1. The molecule has 0 spiro atoms. The largest absolute Gasteiger partial charge is 0.467 e. The summed E-state index contributed by atoms with van der Waals surface area (Å²) in [6.45, 7) is 1.68. The van der Waals surface area contributed by atoms with Crippen LogP contribution in [0.3, 0.4) is 0 Å². The molecule has 0 radical (unpaired) electrons. The van der Waals surface area contributed by atoms with Crippen molar-refractivity contribution in [2.24, 2.45) is 0 Å². The molecule has 0 aliphatic carbocycles. The molecule has 1 N–H and O–H groups in total. The minimum absolute atomic E-state index is 0.0274. The van der Waals surface area contributed by atoms with Crippen LogP contribution in [0.4, 0.5) is 5.95 Å². The zero-order chi connectivity index (χ0) is 19.4. The quantitative estimate of drug-likeness (QED) is 0.700. The van der Waals surface area contributed by atoms with Crippen LogP contribution in [0, 0.1) is 0 Å². The number of carbonyl (C=O) groups is 2. The van der Waals surface area contributed by atoms with E-state index in [0.29, 0.717) is 11.5 Å². The molecule has 7 nitrogen and oxygen atoms in total. The van der Waals surface area contributed by atoms with E-state index in [-0.39, 0.29) is 10.7 Å². The van der Waals surface area contributed by atoms with E-state index < -0.39 is 17.9 Å². The van der Waals surface area contributed by atoms with Crippen LogP contribution in [-0.2, 0) is 9.53 Å². The number of nitrogens with one attached hydrogen (secondary N) is 1. The summed E-state index contributed by atoms with van der Waals surface area (Å²) in [5, 5.41) is 2.78. The van der Waals surface area contributed by atoms with Crippen molar-refractivity contribution < 1.29 is 14.3 Å². The van der Waals surface area contributed by atoms with Crippen LogP contribution in [0.5, 0.6) is 0 Å². The van der Waals surface area contributed by atoms with Gasteiger partial charge in [-0.1, -0.05) is 39.7 Å². The predicted octanol–water partition coefficient (Wildman–Crippen LogP) is 3.14. The molecule has 1 aliphatic rings. The van der Waals surface area contributed by atoms with Crippen LogP contribution in [0.1, 0.15) is 34.9 Å². The number of nitrogens with zero attached hydrogens (tertiary/aromatic N) is 3. The maximum atomic E-state index is 12.8. The van der Waals surface area contributed by atoms with Gasteiger partial charge in [0.15, 0.2) is 11.7 Å². The Balaban J connectivity index is 1.86. The molecule has 142 valence electrons. The Bertz CT molecular complexity index is 841. The Morgan fingerprint density at radius 2 is 1.93 bits per heavy atom. The molecule has 1 aromatic heterocycles. The Morgan fingerprint density at radius 1 is 1.26 bits per heavy atom. The van der Waals surface area contributed by atoms with Crippen molar-refractivity contribution in [2.75, 3.05) is 25.1 Å². The number of amides is 1. The lowest BCUT2D eigenvalue weighted by molar-refractivity contribution is -0.143. The number of ether oxygens (including phenoxy) is 1. The van der Waals surface area contributed by atoms with E-state index >= 15 is 0 Å². The van der Waals surface area contributed by atoms with Crippen molar-refractivity contribution >= 4 is 45.4 Å². The topological polar surface area (TPSA) is 84.4 Å². The first-order chi connectivity index (χ1) is 13.0. The highest BCUT2D eigenvalue weighted by Crippen LogP contribution is 2.22. The Morgan fingerprint density at radius 3 is 2.56 bits per heavy atom. The Kier molecular flexibility index (Phi) is 6.28. The minimum atomic E-state index is -0.975. The lowest BCUT2D eigenvalue weighted by atomic mass is 10.1. The van der Waals surface area contributed by atoms with Gasteiger partial charge in [-0.05, 0) is 30.5 Å². The first-order valence-corrected chi connectivity index (χ1v) is 9.58. The van der Waals surface area contributed by atoms with Crippen molar-refractivity contribution in [1.29, 1.82) is 0 Å². The van der Waals surface area contributed by atoms with Crippen LogP contribution in [0.15, 0.2) is 34.9 Å². The molecule has 1 atom stereocenters. The molecule has 27 heavy (non-hydrogen) atoms. The van der Waals surface area contributed by atoms with E-state index in [0.717, 1.165) is 30.4 Å². The number of anilines is 1. The fourth-order valence-corrected chi connectivity index (χ4v) is 3.28. The number of methoxy groups -OCH3 is 1. The maximum absolute atomic E-state index is 12.8. The number of carbonyl (C=O) groups excluding carboxylic acids is 2. The summed E-state index contributed by atoms with van der Waals surface area (Å²) in [7, 11) is 1.27. The molecular formula is C18H18BrClN4O3. The third-order valence-corrected chi connectivity index (χ3v) is 5.06. The fourth-order valence-electron chi connectivity index (χ4n) is 2.84. The standard InChI is InChI=1S/C18H18BrClN4O3/c1-27-17(26)14(11-4-6-12(19)7-5-11)22-16(25)15-13(20)10-21-18(23-15)24-8-2-3-9-24/h4-7,10,14H,2-3,8-9H2,1H3,(H,22,25). The second kappa shape index (κ2) is 8.67. The molecule has 0 saturated carbocycles. The van der Waals surface area contributed by atoms with Gasteiger partial charge in [0.2, 0.25) is 5.95 Å². The molecule has 1 aromatic carbocycles. The van der Waals surface area contributed by atoms with Gasteiger partial charge in [0.1, 0.15) is 0 Å². The summed E-state index contributed by atoms with van der Waals surface area (Å²) in [5.74, 6) is -0.697. The van der Waals surface area contributed by atoms with Crippen molar-refractivity contribution in [2.45, 2.75) is 18.9 Å². The van der Waals surface area contributed by atoms with E-state index in [1.165, 1.54) is 13.3 Å². The van der Waals surface area contributed by atoms with Crippen molar-refractivity contribution in [3.8, 4) is 0 Å². The maximum Gasteiger partial charge on any atom is 0.333 e. The van der Waals surface area contributed by atoms with Crippen LogP contribution in [0.25, 0.3) is 0 Å². The minimum Gasteiger partial charge on any atom is -0.467 e. The zero-order valence-corrected chi connectivity index (χ0v) is 17.0. The lowest BCUT2D eigenvalue weighted by Gasteiger charge is -2.19. The number of benzene rings is 1. The summed E-state index contributed by atoms with van der Waals surface area (Å²) in [4.78, 5) is 35.5. The molecule has 3 rings (SSSR count). The highest BCUT2D eigenvalue weighted by atomic mass is 79.9. The van der Waals surface area contributed by atoms with E-state index in [1.54, 1.807) is 24.3 Å². The normalized spacial score (nSPS) is 14.7. The van der Waals surface area contributed by atoms with Gasteiger partial charge in [0.25, 0.3) is 5.91 Å². The number of halogens is 2. The van der Waals surface area contributed by atoms with Gasteiger partial charge in [0.05, 0.1) is 18.3 Å². The van der Waals surface area contributed by atoms with Crippen LogP contribution < -0.4 is 10.2 Å². The summed E-state index contributed by atoms with van der Waals surface area (Å²) in [5.41, 5.74) is 0.614. The third kappa shape index (κ3) is 4.56. The highest BCUT2D eigenvalue weighted by Gasteiger charge is 2.27. The summed E-state index contributed by atoms with van der Waals surface area (Å²) >= 11 is 9.48. The fraction of sp³-hybridized carbons (Fsp3) is 0.333. The van der Waals surface area contributed by atoms with Crippen molar-refractivity contribution in [3.05, 3.63) is 51.2 Å². The van der Waals surface area contributed by atoms with E-state index in [9.17, 15) is 9.59 Å². The average molecular weight is 454 g/mol. The molecule has 0 bridgehead atoms. The van der Waals surface area contributed by atoms with Gasteiger partial charge in [0, 0.05) is 17.6 Å². The predicted molar refractivity (Wildman–Crippen MR) is 105 cm³/mol. The summed E-state index contributed by atoms with van der Waals surface area (Å²) in [6.07, 6.45) is 3.52. The third-order valence-electron chi connectivity index (χ3n) is 4.25. The van der Waals surface area contributed by atoms with Crippen LogP contribution >= 0.6 is 27.5 Å². The number of aromatic nitrogens is 2. The van der Waals surface area contributed by atoms with Gasteiger partial charge in [-0.15, -0.1) is 0 Å². The van der Waals surface area contributed by atoms with E-state index in [2.05, 4.69) is 31.2 Å². The van der Waals surface area contributed by atoms with Crippen molar-refractivity contribution in [3.63, 3.8) is 0 Å². The number of rotatable bonds is 5. The molecule has 1 fully saturated rings. The van der Waals surface area contributed by atoms with Gasteiger partial charge in [-0.25, -0.2) is 14.8 Å². The molecule has 1 unspecified atom stereocenters. The SMILES string of the molecule is COC(=O)C(NC(=O)c1nc(N2CCCC2)ncc1Cl)c1ccc(Br)cc1. The molecule has 2 aromatic rings. The first kappa shape index (κ1) is 19.6.